The third-order valence-electron chi connectivity index (χ3n) is 6.09. The zero-order valence-electron chi connectivity index (χ0n) is 18.3. The highest BCUT2D eigenvalue weighted by molar-refractivity contribution is 7.10. The monoisotopic (exact) mass is 493 g/mol. The summed E-state index contributed by atoms with van der Waals surface area (Å²) in [5.41, 5.74) is 0.334. The Kier molecular flexibility index (Phi) is 5.48. The minimum Gasteiger partial charge on any atom is -0.507 e. The highest BCUT2D eigenvalue weighted by atomic mass is 32.1. The van der Waals surface area contributed by atoms with E-state index in [0.717, 1.165) is 33.4 Å². The molecule has 1 N–H and O–H groups in total. The fourth-order valence-corrected chi connectivity index (χ4v) is 5.34. The molecule has 176 valence electrons. The number of amides is 1. The molecule has 35 heavy (non-hydrogen) atoms. The minimum absolute atomic E-state index is 0.101. The van der Waals surface area contributed by atoms with Crippen molar-refractivity contribution in [1.29, 1.82) is 0 Å². The summed E-state index contributed by atoms with van der Waals surface area (Å²) in [6.07, 6.45) is -4.54. The molecule has 1 saturated heterocycles. The van der Waals surface area contributed by atoms with E-state index >= 15 is 0 Å². The predicted molar refractivity (Wildman–Crippen MR) is 129 cm³/mol. The third-order valence-corrected chi connectivity index (χ3v) is 7.16. The summed E-state index contributed by atoms with van der Waals surface area (Å²) in [4.78, 5) is 28.2. The van der Waals surface area contributed by atoms with Crippen molar-refractivity contribution in [3.8, 4) is 0 Å². The molecule has 5 rings (SSSR count). The lowest BCUT2D eigenvalue weighted by atomic mass is 9.97. The van der Waals surface area contributed by atoms with Gasteiger partial charge < -0.3 is 5.11 Å². The number of carbonyl (C=O) groups is 2. The van der Waals surface area contributed by atoms with Gasteiger partial charge in [-0.25, -0.2) is 0 Å². The van der Waals surface area contributed by atoms with Crippen LogP contribution in [0.2, 0.25) is 0 Å². The van der Waals surface area contributed by atoms with Crippen LogP contribution in [0, 0.1) is 6.92 Å². The average Bonchev–Trinajstić information content (AvgIpc) is 3.38. The molecule has 1 aromatic heterocycles. The molecule has 2 heterocycles. The molecule has 4 aromatic rings. The molecule has 1 aliphatic rings. The Labute approximate surface area is 202 Å². The van der Waals surface area contributed by atoms with Crippen molar-refractivity contribution in [3.63, 3.8) is 0 Å². The van der Waals surface area contributed by atoms with Crippen LogP contribution in [0.15, 0.2) is 83.7 Å². The molecule has 3 aromatic carbocycles. The van der Waals surface area contributed by atoms with Crippen molar-refractivity contribution in [3.05, 3.63) is 105 Å². The fraction of sp³-hybridized carbons (Fsp3) is 0.111. The molecule has 4 nitrogen and oxygen atoms in total. The van der Waals surface area contributed by atoms with Gasteiger partial charge in [0.15, 0.2) is 0 Å². The van der Waals surface area contributed by atoms with Gasteiger partial charge in [0, 0.05) is 16.1 Å². The Morgan fingerprint density at radius 3 is 2.26 bits per heavy atom. The van der Waals surface area contributed by atoms with Crippen molar-refractivity contribution < 1.29 is 27.9 Å². The molecule has 0 spiro atoms. The first-order chi connectivity index (χ1) is 16.7. The Morgan fingerprint density at radius 2 is 1.63 bits per heavy atom. The molecule has 0 saturated carbocycles. The number of aliphatic hydroxyl groups excluding tert-OH is 1. The number of thiophene rings is 1. The number of hydrogen-bond acceptors (Lipinski definition) is 4. The van der Waals surface area contributed by atoms with Gasteiger partial charge in [0.1, 0.15) is 11.8 Å². The number of aliphatic hydroxyl groups is 1. The molecule has 1 amide bonds. The summed E-state index contributed by atoms with van der Waals surface area (Å²) in [5.74, 6) is -2.14. The summed E-state index contributed by atoms with van der Waals surface area (Å²) in [7, 11) is 0. The smallest absolute Gasteiger partial charge is 0.416 e. The van der Waals surface area contributed by atoms with E-state index in [-0.39, 0.29) is 17.0 Å². The van der Waals surface area contributed by atoms with Crippen molar-refractivity contribution >= 4 is 45.2 Å². The quantitative estimate of drug-likeness (QED) is 0.193. The number of alkyl halides is 3. The van der Waals surface area contributed by atoms with Gasteiger partial charge >= 0.3 is 6.18 Å². The Balaban J connectivity index is 1.69. The number of fused-ring (bicyclic) bond motifs is 1. The Hall–Kier alpha value is -3.91. The van der Waals surface area contributed by atoms with E-state index in [9.17, 15) is 27.9 Å². The molecule has 1 atom stereocenters. The first-order valence-corrected chi connectivity index (χ1v) is 11.6. The maximum atomic E-state index is 13.2. The zero-order chi connectivity index (χ0) is 24.9. The van der Waals surface area contributed by atoms with Crippen LogP contribution in [-0.2, 0) is 15.8 Å². The van der Waals surface area contributed by atoms with E-state index in [1.165, 1.54) is 23.5 Å². The first-order valence-electron chi connectivity index (χ1n) is 10.7. The minimum atomic E-state index is -4.54. The number of ketones is 1. The molecule has 1 aliphatic heterocycles. The Morgan fingerprint density at radius 1 is 0.943 bits per heavy atom. The molecule has 1 fully saturated rings. The number of rotatable bonds is 3. The van der Waals surface area contributed by atoms with Gasteiger partial charge in [-0.3, -0.25) is 14.5 Å². The van der Waals surface area contributed by atoms with E-state index in [4.69, 9.17) is 0 Å². The standard InChI is InChI=1S/C27H18F3NO3S/c1-15-12-13-35-25(15)22-21(23(32)18-7-6-16-4-2-3-5-17(16)14-18)24(33)26(34)31(22)20-10-8-19(9-11-20)27(28,29)30/h2-14,22,32H,1H3/b23-21-. The molecule has 0 radical (unpaired) electrons. The maximum absolute atomic E-state index is 13.2. The van der Waals surface area contributed by atoms with E-state index in [1.807, 2.05) is 43.3 Å². The lowest BCUT2D eigenvalue weighted by Gasteiger charge is -2.25. The first kappa shape index (κ1) is 22.9. The summed E-state index contributed by atoms with van der Waals surface area (Å²) in [6, 6.07) is 17.7. The van der Waals surface area contributed by atoms with Crippen LogP contribution in [0.5, 0.6) is 0 Å². The van der Waals surface area contributed by atoms with Crippen LogP contribution in [-0.4, -0.2) is 16.8 Å². The van der Waals surface area contributed by atoms with Crippen LogP contribution in [0.25, 0.3) is 16.5 Å². The SMILES string of the molecule is Cc1ccsc1C1/C(=C(/O)c2ccc3ccccc3c2)C(=O)C(=O)N1c1ccc(C(F)(F)F)cc1. The number of aryl methyl sites for hydroxylation is 1. The zero-order valence-corrected chi connectivity index (χ0v) is 19.2. The second kappa shape index (κ2) is 8.39. The predicted octanol–water partition coefficient (Wildman–Crippen LogP) is 6.85. The number of anilines is 1. The Bertz CT molecular complexity index is 1500. The van der Waals surface area contributed by atoms with Gasteiger partial charge in [-0.1, -0.05) is 36.4 Å². The normalized spacial score (nSPS) is 17.9. The number of carbonyl (C=O) groups excluding carboxylic acids is 2. The molecular formula is C27H18F3NO3S. The summed E-state index contributed by atoms with van der Waals surface area (Å²) in [5, 5.41) is 14.9. The van der Waals surface area contributed by atoms with Gasteiger partial charge in [0.2, 0.25) is 0 Å². The highest BCUT2D eigenvalue weighted by Gasteiger charge is 2.48. The maximum Gasteiger partial charge on any atom is 0.416 e. The van der Waals surface area contributed by atoms with E-state index < -0.39 is 29.5 Å². The lowest BCUT2D eigenvalue weighted by Crippen LogP contribution is -2.29. The second-order valence-corrected chi connectivity index (χ2v) is 9.19. The average molecular weight is 494 g/mol. The number of benzene rings is 3. The number of halogens is 3. The summed E-state index contributed by atoms with van der Waals surface area (Å²) in [6.45, 7) is 1.81. The van der Waals surface area contributed by atoms with E-state index in [0.29, 0.717) is 10.4 Å². The third kappa shape index (κ3) is 3.89. The van der Waals surface area contributed by atoms with Gasteiger partial charge in [-0.15, -0.1) is 11.3 Å². The van der Waals surface area contributed by atoms with Gasteiger partial charge in [0.05, 0.1) is 11.1 Å². The van der Waals surface area contributed by atoms with Crippen LogP contribution in [0.4, 0.5) is 18.9 Å². The fourth-order valence-electron chi connectivity index (χ4n) is 4.31. The second-order valence-electron chi connectivity index (χ2n) is 8.24. The highest BCUT2D eigenvalue weighted by Crippen LogP contribution is 2.45. The number of hydrogen-bond donors (Lipinski definition) is 1. The van der Waals surface area contributed by atoms with Crippen LogP contribution in [0.3, 0.4) is 0 Å². The van der Waals surface area contributed by atoms with Gasteiger partial charge in [-0.05, 0) is 65.0 Å². The van der Waals surface area contributed by atoms with Crippen LogP contribution >= 0.6 is 11.3 Å². The van der Waals surface area contributed by atoms with Crippen molar-refractivity contribution in [2.45, 2.75) is 19.1 Å². The van der Waals surface area contributed by atoms with Crippen molar-refractivity contribution in [2.75, 3.05) is 4.90 Å². The van der Waals surface area contributed by atoms with E-state index in [1.54, 1.807) is 17.5 Å². The topological polar surface area (TPSA) is 57.6 Å². The van der Waals surface area contributed by atoms with Crippen molar-refractivity contribution in [2.24, 2.45) is 0 Å². The molecular weight excluding hydrogens is 475 g/mol. The lowest BCUT2D eigenvalue weighted by molar-refractivity contribution is -0.137. The molecule has 0 aliphatic carbocycles. The summed E-state index contributed by atoms with van der Waals surface area (Å²) < 4.78 is 39.2. The summed E-state index contributed by atoms with van der Waals surface area (Å²) >= 11 is 1.30. The van der Waals surface area contributed by atoms with Gasteiger partial charge in [-0.2, -0.15) is 13.2 Å². The largest absolute Gasteiger partial charge is 0.507 e. The van der Waals surface area contributed by atoms with Crippen molar-refractivity contribution in [1.82, 2.24) is 0 Å². The van der Waals surface area contributed by atoms with Crippen LogP contribution in [0.1, 0.15) is 27.6 Å². The molecule has 0 bridgehead atoms. The van der Waals surface area contributed by atoms with E-state index in [2.05, 4.69) is 0 Å². The number of nitrogens with zero attached hydrogens (tertiary/aromatic N) is 1. The molecule has 8 heteroatoms. The molecule has 1 unspecified atom stereocenters. The van der Waals surface area contributed by atoms with Crippen LogP contribution < -0.4 is 4.90 Å². The van der Waals surface area contributed by atoms with Gasteiger partial charge in [0.25, 0.3) is 11.7 Å². The number of Topliss-reactive ketones (excluding diaryl/α,β-unsaturated/α-hetero) is 1.